The van der Waals surface area contributed by atoms with E-state index in [-0.39, 0.29) is 12.0 Å². The molecule has 8 nitrogen and oxygen atoms in total. The first-order chi connectivity index (χ1) is 13.4. The third-order valence-corrected chi connectivity index (χ3v) is 5.07. The summed E-state index contributed by atoms with van der Waals surface area (Å²) < 4.78 is 6.82. The molecule has 0 aliphatic carbocycles. The minimum absolute atomic E-state index is 0.225. The van der Waals surface area contributed by atoms with Crippen molar-refractivity contribution in [2.75, 3.05) is 51.8 Å². The minimum atomic E-state index is -0.292. The second kappa shape index (κ2) is 8.48. The van der Waals surface area contributed by atoms with Crippen molar-refractivity contribution >= 4 is 22.8 Å². The highest BCUT2D eigenvalue weighted by atomic mass is 16.5. The van der Waals surface area contributed by atoms with Crippen molar-refractivity contribution in [3.63, 3.8) is 0 Å². The summed E-state index contributed by atoms with van der Waals surface area (Å²) in [6.45, 7) is 8.36. The number of rotatable bonds is 5. The van der Waals surface area contributed by atoms with E-state index in [1.165, 1.54) is 11.7 Å². The Labute approximate surface area is 165 Å². The van der Waals surface area contributed by atoms with Crippen molar-refractivity contribution in [2.45, 2.75) is 20.3 Å². The molecule has 0 saturated carbocycles. The van der Waals surface area contributed by atoms with E-state index in [1.807, 2.05) is 6.07 Å². The number of ether oxygens (including phenoxy) is 1. The number of anilines is 1. The highest BCUT2D eigenvalue weighted by molar-refractivity contribution is 5.98. The van der Waals surface area contributed by atoms with E-state index in [0.29, 0.717) is 29.1 Å². The van der Waals surface area contributed by atoms with Crippen LogP contribution in [0.1, 0.15) is 25.8 Å². The standard InChI is InChI=1S/C20H28N6O2/c1-14(2)5-6-22-19(27)26-17-12-15(13-21)11-16(18(17)23-20(26)28-4)25-9-7-24(3)8-10-25/h11-12,14H,5-10H2,1-4H3,(H,22,27). The molecule has 1 saturated heterocycles. The van der Waals surface area contributed by atoms with Crippen LogP contribution in [0.25, 0.3) is 11.0 Å². The van der Waals surface area contributed by atoms with Crippen LogP contribution in [0.4, 0.5) is 10.5 Å². The number of likely N-dealkylation sites (N-methyl/N-ethyl adjacent to an activating group) is 1. The summed E-state index contributed by atoms with van der Waals surface area (Å²) in [7, 11) is 3.59. The Balaban J connectivity index is 2.03. The van der Waals surface area contributed by atoms with E-state index >= 15 is 0 Å². The molecule has 1 aromatic carbocycles. The molecule has 2 heterocycles. The monoisotopic (exact) mass is 384 g/mol. The van der Waals surface area contributed by atoms with Gasteiger partial charge in [-0.1, -0.05) is 13.8 Å². The quantitative estimate of drug-likeness (QED) is 0.851. The van der Waals surface area contributed by atoms with E-state index in [0.717, 1.165) is 38.3 Å². The van der Waals surface area contributed by atoms with Crippen molar-refractivity contribution in [1.29, 1.82) is 5.26 Å². The van der Waals surface area contributed by atoms with Gasteiger partial charge in [0.25, 0.3) is 0 Å². The Kier molecular flexibility index (Phi) is 6.05. The van der Waals surface area contributed by atoms with Gasteiger partial charge in [0.2, 0.25) is 0 Å². The number of carbonyl (C=O) groups excluding carboxylic acids is 1. The summed E-state index contributed by atoms with van der Waals surface area (Å²) in [5.41, 5.74) is 2.64. The summed E-state index contributed by atoms with van der Waals surface area (Å²) in [5.74, 6) is 0.496. The van der Waals surface area contributed by atoms with Crippen LogP contribution < -0.4 is 15.0 Å². The molecule has 0 atom stereocenters. The zero-order valence-electron chi connectivity index (χ0n) is 17.0. The van der Waals surface area contributed by atoms with E-state index in [2.05, 4.69) is 47.1 Å². The number of carbonyl (C=O) groups is 1. The number of methoxy groups -OCH3 is 1. The molecule has 1 N–H and O–H groups in total. The first-order valence-electron chi connectivity index (χ1n) is 9.67. The Hall–Kier alpha value is -2.79. The predicted molar refractivity (Wildman–Crippen MR) is 109 cm³/mol. The Bertz CT molecular complexity index is 890. The van der Waals surface area contributed by atoms with Gasteiger partial charge < -0.3 is 19.9 Å². The number of nitriles is 1. The summed E-state index contributed by atoms with van der Waals surface area (Å²) in [6.07, 6.45) is 0.886. The molecule has 28 heavy (non-hydrogen) atoms. The SMILES string of the molecule is COc1nc2c(N3CCN(C)CC3)cc(C#N)cc2n1C(=O)NCCC(C)C. The normalized spacial score (nSPS) is 15.1. The smallest absolute Gasteiger partial charge is 0.330 e. The van der Waals surface area contributed by atoms with Gasteiger partial charge in [-0.15, -0.1) is 0 Å². The van der Waals surface area contributed by atoms with Gasteiger partial charge in [0.05, 0.1) is 29.9 Å². The lowest BCUT2D eigenvalue weighted by Crippen LogP contribution is -2.44. The maximum atomic E-state index is 12.8. The van der Waals surface area contributed by atoms with Crippen molar-refractivity contribution < 1.29 is 9.53 Å². The number of aromatic nitrogens is 2. The van der Waals surface area contributed by atoms with Crippen molar-refractivity contribution in [3.05, 3.63) is 17.7 Å². The maximum absolute atomic E-state index is 12.8. The number of fused-ring (bicyclic) bond motifs is 1. The highest BCUT2D eigenvalue weighted by Gasteiger charge is 2.24. The molecule has 0 spiro atoms. The highest BCUT2D eigenvalue weighted by Crippen LogP contribution is 2.32. The number of nitrogens with zero attached hydrogens (tertiary/aromatic N) is 5. The van der Waals surface area contributed by atoms with Gasteiger partial charge in [0.1, 0.15) is 5.52 Å². The molecule has 0 radical (unpaired) electrons. The number of imidazole rings is 1. The van der Waals surface area contributed by atoms with Crippen LogP contribution in [0.15, 0.2) is 12.1 Å². The molecule has 1 fully saturated rings. The van der Waals surface area contributed by atoms with Crippen LogP contribution in [0.2, 0.25) is 0 Å². The topological polar surface area (TPSA) is 86.4 Å². The molecule has 0 unspecified atom stereocenters. The van der Waals surface area contributed by atoms with Crippen LogP contribution in [-0.4, -0.2) is 67.4 Å². The van der Waals surface area contributed by atoms with Gasteiger partial charge in [-0.2, -0.15) is 10.2 Å². The van der Waals surface area contributed by atoms with E-state index in [1.54, 1.807) is 6.07 Å². The molecule has 1 aromatic heterocycles. The summed E-state index contributed by atoms with van der Waals surface area (Å²) in [4.78, 5) is 21.9. The number of hydrogen-bond acceptors (Lipinski definition) is 6. The molecule has 0 bridgehead atoms. The lowest BCUT2D eigenvalue weighted by Gasteiger charge is -2.34. The number of piperazine rings is 1. The molecule has 150 valence electrons. The molecule has 1 aliphatic heterocycles. The van der Waals surface area contributed by atoms with E-state index < -0.39 is 0 Å². The van der Waals surface area contributed by atoms with Gasteiger partial charge in [0, 0.05) is 32.7 Å². The first-order valence-corrected chi connectivity index (χ1v) is 9.67. The lowest BCUT2D eigenvalue weighted by atomic mass is 10.1. The zero-order chi connectivity index (χ0) is 20.3. The molecular weight excluding hydrogens is 356 g/mol. The fraction of sp³-hybridized carbons (Fsp3) is 0.550. The first kappa shape index (κ1) is 20.0. The zero-order valence-corrected chi connectivity index (χ0v) is 17.0. The van der Waals surface area contributed by atoms with Crippen LogP contribution in [0.5, 0.6) is 6.01 Å². The Morgan fingerprint density at radius 1 is 1.32 bits per heavy atom. The average Bonchev–Trinajstić information content (AvgIpc) is 3.06. The van der Waals surface area contributed by atoms with Gasteiger partial charge in [-0.05, 0) is 31.5 Å². The van der Waals surface area contributed by atoms with Crippen molar-refractivity contribution in [3.8, 4) is 12.1 Å². The van der Waals surface area contributed by atoms with Crippen molar-refractivity contribution in [1.82, 2.24) is 19.8 Å². The fourth-order valence-corrected chi connectivity index (χ4v) is 3.37. The lowest BCUT2D eigenvalue weighted by molar-refractivity contribution is 0.238. The van der Waals surface area contributed by atoms with E-state index in [4.69, 9.17) is 4.74 Å². The third-order valence-electron chi connectivity index (χ3n) is 5.07. The van der Waals surface area contributed by atoms with Crippen LogP contribution in [0, 0.1) is 17.2 Å². The van der Waals surface area contributed by atoms with Crippen molar-refractivity contribution in [2.24, 2.45) is 5.92 Å². The number of benzene rings is 1. The van der Waals surface area contributed by atoms with E-state index in [9.17, 15) is 10.1 Å². The average molecular weight is 384 g/mol. The second-order valence-corrected chi connectivity index (χ2v) is 7.61. The largest absolute Gasteiger partial charge is 0.468 e. The van der Waals surface area contributed by atoms with Crippen LogP contribution >= 0.6 is 0 Å². The molecule has 8 heteroatoms. The summed E-state index contributed by atoms with van der Waals surface area (Å²) >= 11 is 0. The van der Waals surface area contributed by atoms with Crippen LogP contribution in [0.3, 0.4) is 0 Å². The molecule has 1 aliphatic rings. The Morgan fingerprint density at radius 2 is 2.04 bits per heavy atom. The van der Waals surface area contributed by atoms with Crippen LogP contribution in [-0.2, 0) is 0 Å². The Morgan fingerprint density at radius 3 is 2.64 bits per heavy atom. The summed E-state index contributed by atoms with van der Waals surface area (Å²) in [5, 5.41) is 12.4. The van der Waals surface area contributed by atoms with Gasteiger partial charge in [0.15, 0.2) is 0 Å². The molecule has 3 rings (SSSR count). The summed E-state index contributed by atoms with van der Waals surface area (Å²) in [6, 6.07) is 5.69. The molecular formula is C20H28N6O2. The minimum Gasteiger partial charge on any atom is -0.468 e. The maximum Gasteiger partial charge on any atom is 0.330 e. The third kappa shape index (κ3) is 4.04. The fourth-order valence-electron chi connectivity index (χ4n) is 3.37. The van der Waals surface area contributed by atoms with Gasteiger partial charge >= 0.3 is 12.0 Å². The molecule has 2 aromatic rings. The number of amides is 1. The molecule has 1 amide bonds. The number of nitrogens with one attached hydrogen (secondary N) is 1. The predicted octanol–water partition coefficient (Wildman–Crippen LogP) is 2.27. The van der Waals surface area contributed by atoms with Gasteiger partial charge in [-0.25, -0.2) is 9.36 Å². The number of hydrogen-bond donors (Lipinski definition) is 1. The van der Waals surface area contributed by atoms with Gasteiger partial charge in [-0.3, -0.25) is 0 Å². The second-order valence-electron chi connectivity index (χ2n) is 7.61.